The van der Waals surface area contributed by atoms with Crippen LogP contribution in [0.15, 0.2) is 53.8 Å². The average Bonchev–Trinajstić information content (AvgIpc) is 2.47. The largest absolute Gasteiger partial charge is 0.370 e. The molecule has 1 aromatic carbocycles. The fourth-order valence-electron chi connectivity index (χ4n) is 2.06. The summed E-state index contributed by atoms with van der Waals surface area (Å²) in [5, 5.41) is 2.80. The maximum atomic E-state index is 12.2. The van der Waals surface area contributed by atoms with Crippen LogP contribution < -0.4 is 16.8 Å². The number of carbonyl (C=O) groups is 1. The van der Waals surface area contributed by atoms with E-state index in [0.717, 1.165) is 5.56 Å². The highest BCUT2D eigenvalue weighted by molar-refractivity contribution is 6.04. The Hall–Kier alpha value is -2.89. The van der Waals surface area contributed by atoms with Crippen molar-refractivity contribution >= 4 is 17.6 Å². The number of benzene rings is 1. The van der Waals surface area contributed by atoms with Crippen LogP contribution in [0.5, 0.6) is 0 Å². The average molecular weight is 297 g/mol. The summed E-state index contributed by atoms with van der Waals surface area (Å²) in [7, 11) is 0. The number of anilines is 1. The lowest BCUT2D eigenvalue weighted by Crippen LogP contribution is -2.28. The summed E-state index contributed by atoms with van der Waals surface area (Å²) in [5.41, 5.74) is 12.5. The molecule has 0 aliphatic heterocycles. The first-order valence-corrected chi connectivity index (χ1v) is 6.81. The Morgan fingerprint density at radius 3 is 2.23 bits per heavy atom. The van der Waals surface area contributed by atoms with E-state index in [4.69, 9.17) is 11.5 Å². The molecule has 0 bridgehead atoms. The van der Waals surface area contributed by atoms with Gasteiger partial charge in [-0.3, -0.25) is 9.78 Å². The summed E-state index contributed by atoms with van der Waals surface area (Å²) in [6.45, 7) is 3.80. The molecule has 0 radical (unpaired) electrons. The second kappa shape index (κ2) is 6.26. The minimum Gasteiger partial charge on any atom is -0.370 e. The molecule has 6 nitrogen and oxygen atoms in total. The Morgan fingerprint density at radius 2 is 1.68 bits per heavy atom. The second-order valence-electron chi connectivity index (χ2n) is 5.36. The number of aromatic nitrogens is 1. The number of hydrogen-bond donors (Lipinski definition) is 3. The van der Waals surface area contributed by atoms with Crippen molar-refractivity contribution in [3.63, 3.8) is 0 Å². The zero-order valence-corrected chi connectivity index (χ0v) is 12.6. The lowest BCUT2D eigenvalue weighted by atomic mass is 9.94. The van der Waals surface area contributed by atoms with E-state index in [1.165, 1.54) is 0 Å². The van der Waals surface area contributed by atoms with Crippen molar-refractivity contribution in [3.8, 4) is 0 Å². The number of carbonyl (C=O) groups excluding carboxylic acids is 1. The number of rotatable bonds is 4. The zero-order chi connectivity index (χ0) is 16.2. The van der Waals surface area contributed by atoms with E-state index < -0.39 is 5.54 Å². The van der Waals surface area contributed by atoms with E-state index in [-0.39, 0.29) is 11.9 Å². The Morgan fingerprint density at radius 1 is 1.09 bits per heavy atom. The first kappa shape index (κ1) is 15.5. The van der Waals surface area contributed by atoms with Gasteiger partial charge in [-0.05, 0) is 43.7 Å². The molecule has 0 saturated carbocycles. The molecule has 1 amide bonds. The first-order chi connectivity index (χ1) is 10.4. The smallest absolute Gasteiger partial charge is 0.255 e. The van der Waals surface area contributed by atoms with Gasteiger partial charge < -0.3 is 16.8 Å². The van der Waals surface area contributed by atoms with Gasteiger partial charge in [-0.2, -0.15) is 0 Å². The molecule has 6 heteroatoms. The van der Waals surface area contributed by atoms with Crippen molar-refractivity contribution in [2.75, 3.05) is 5.32 Å². The first-order valence-electron chi connectivity index (χ1n) is 6.81. The van der Waals surface area contributed by atoms with Crippen molar-refractivity contribution in [1.29, 1.82) is 0 Å². The number of amides is 1. The molecule has 0 spiro atoms. The van der Waals surface area contributed by atoms with Gasteiger partial charge in [0.25, 0.3) is 5.91 Å². The minimum atomic E-state index is -0.543. The summed E-state index contributed by atoms with van der Waals surface area (Å²) >= 11 is 0. The Balaban J connectivity index is 2.15. The van der Waals surface area contributed by atoms with Crippen LogP contribution in [0, 0.1) is 0 Å². The number of guanidine groups is 1. The van der Waals surface area contributed by atoms with Gasteiger partial charge in [-0.25, -0.2) is 4.99 Å². The third kappa shape index (κ3) is 3.82. The summed E-state index contributed by atoms with van der Waals surface area (Å²) in [6, 6.07) is 10.6. The van der Waals surface area contributed by atoms with E-state index in [1.54, 1.807) is 36.7 Å². The molecule has 0 atom stereocenters. The zero-order valence-electron chi connectivity index (χ0n) is 12.6. The number of aliphatic imine (C=N–C) groups is 1. The van der Waals surface area contributed by atoms with Crippen LogP contribution in [0.25, 0.3) is 0 Å². The maximum Gasteiger partial charge on any atom is 0.255 e. The number of nitrogens with zero attached hydrogens (tertiary/aromatic N) is 2. The number of nitrogens with two attached hydrogens (primary N) is 2. The van der Waals surface area contributed by atoms with Crippen LogP contribution >= 0.6 is 0 Å². The molecule has 0 saturated heterocycles. The SMILES string of the molecule is CC(C)(N=C(N)N)c1ccc(C(=O)Nc2ccncc2)cc1. The Bertz CT molecular complexity index is 673. The summed E-state index contributed by atoms with van der Waals surface area (Å²) in [5.74, 6) is -0.151. The molecule has 2 rings (SSSR count). The molecule has 0 aliphatic carbocycles. The van der Waals surface area contributed by atoms with E-state index in [2.05, 4.69) is 15.3 Å². The van der Waals surface area contributed by atoms with E-state index in [9.17, 15) is 4.79 Å². The Labute approximate surface area is 129 Å². The fraction of sp³-hybridized carbons (Fsp3) is 0.188. The van der Waals surface area contributed by atoms with Gasteiger partial charge in [-0.1, -0.05) is 12.1 Å². The lowest BCUT2D eigenvalue weighted by Gasteiger charge is -2.20. The van der Waals surface area contributed by atoms with Gasteiger partial charge in [0.2, 0.25) is 0 Å². The molecule has 1 aromatic heterocycles. The van der Waals surface area contributed by atoms with Crippen molar-refractivity contribution in [2.24, 2.45) is 16.5 Å². The van der Waals surface area contributed by atoms with Crippen molar-refractivity contribution in [3.05, 3.63) is 59.9 Å². The number of nitrogens with one attached hydrogen (secondary N) is 1. The normalized spacial score (nSPS) is 10.8. The lowest BCUT2D eigenvalue weighted by molar-refractivity contribution is 0.102. The van der Waals surface area contributed by atoms with Crippen molar-refractivity contribution in [2.45, 2.75) is 19.4 Å². The molecule has 0 aliphatic rings. The maximum absolute atomic E-state index is 12.2. The van der Waals surface area contributed by atoms with Gasteiger partial charge in [-0.15, -0.1) is 0 Å². The van der Waals surface area contributed by atoms with E-state index in [1.807, 2.05) is 26.0 Å². The number of hydrogen-bond acceptors (Lipinski definition) is 3. The van der Waals surface area contributed by atoms with E-state index >= 15 is 0 Å². The molecule has 22 heavy (non-hydrogen) atoms. The molecule has 0 unspecified atom stereocenters. The van der Waals surface area contributed by atoms with Gasteiger partial charge in [0.15, 0.2) is 5.96 Å². The predicted molar refractivity (Wildman–Crippen MR) is 87.5 cm³/mol. The summed E-state index contributed by atoms with van der Waals surface area (Å²) in [6.07, 6.45) is 3.24. The molecule has 114 valence electrons. The van der Waals surface area contributed by atoms with Crippen molar-refractivity contribution in [1.82, 2.24) is 4.98 Å². The third-order valence-electron chi connectivity index (χ3n) is 3.20. The number of pyridine rings is 1. The summed E-state index contributed by atoms with van der Waals surface area (Å²) in [4.78, 5) is 20.2. The van der Waals surface area contributed by atoms with Gasteiger partial charge in [0.1, 0.15) is 0 Å². The third-order valence-corrected chi connectivity index (χ3v) is 3.20. The molecule has 1 heterocycles. The van der Waals surface area contributed by atoms with Gasteiger partial charge >= 0.3 is 0 Å². The fourth-order valence-corrected chi connectivity index (χ4v) is 2.06. The second-order valence-corrected chi connectivity index (χ2v) is 5.36. The highest BCUT2D eigenvalue weighted by atomic mass is 16.1. The highest BCUT2D eigenvalue weighted by Crippen LogP contribution is 2.24. The van der Waals surface area contributed by atoms with Crippen molar-refractivity contribution < 1.29 is 4.79 Å². The molecule has 0 fully saturated rings. The monoisotopic (exact) mass is 297 g/mol. The van der Waals surface area contributed by atoms with Gasteiger partial charge in [0.05, 0.1) is 5.54 Å². The van der Waals surface area contributed by atoms with Crippen LogP contribution in [0.3, 0.4) is 0 Å². The van der Waals surface area contributed by atoms with E-state index in [0.29, 0.717) is 11.3 Å². The van der Waals surface area contributed by atoms with Crippen LogP contribution in [0.1, 0.15) is 29.8 Å². The molecular weight excluding hydrogens is 278 g/mol. The molecule has 2 aromatic rings. The predicted octanol–water partition coefficient (Wildman–Crippen LogP) is 1.84. The molecule has 5 N–H and O–H groups in total. The van der Waals surface area contributed by atoms with Crippen LogP contribution in [0.4, 0.5) is 5.69 Å². The summed E-state index contributed by atoms with van der Waals surface area (Å²) < 4.78 is 0. The Kier molecular flexibility index (Phi) is 4.41. The van der Waals surface area contributed by atoms with Crippen LogP contribution in [-0.4, -0.2) is 16.9 Å². The quantitative estimate of drug-likeness (QED) is 0.591. The highest BCUT2D eigenvalue weighted by Gasteiger charge is 2.19. The minimum absolute atomic E-state index is 0.0320. The standard InChI is InChI=1S/C16H19N5O/c1-16(2,21-15(17)18)12-5-3-11(4-6-12)14(22)20-13-7-9-19-10-8-13/h3-10H,1-2H3,(H4,17,18,21)(H,19,20,22). The van der Waals surface area contributed by atoms with Crippen LogP contribution in [0.2, 0.25) is 0 Å². The van der Waals surface area contributed by atoms with Crippen LogP contribution in [-0.2, 0) is 5.54 Å². The van der Waals surface area contributed by atoms with Gasteiger partial charge in [0, 0.05) is 23.6 Å². The molecular formula is C16H19N5O. The topological polar surface area (TPSA) is 106 Å².